The van der Waals surface area contributed by atoms with Gasteiger partial charge in [0.15, 0.2) is 0 Å². The average Bonchev–Trinajstić information content (AvgIpc) is 2.93. The van der Waals surface area contributed by atoms with Crippen LogP contribution in [0.3, 0.4) is 0 Å². The van der Waals surface area contributed by atoms with Crippen LogP contribution in [0.5, 0.6) is 0 Å². The highest BCUT2D eigenvalue weighted by molar-refractivity contribution is 5.84. The quantitative estimate of drug-likeness (QED) is 0.884. The molecule has 0 bridgehead atoms. The van der Waals surface area contributed by atoms with Crippen LogP contribution in [0.25, 0.3) is 0 Å². The van der Waals surface area contributed by atoms with Crippen LogP contribution < -0.4 is 5.32 Å². The first-order valence-electron chi connectivity index (χ1n) is 9.03. The Morgan fingerprint density at radius 2 is 2.00 bits per heavy atom. The van der Waals surface area contributed by atoms with Gasteiger partial charge in [0, 0.05) is 37.3 Å². The number of carbonyl (C=O) groups excluding carboxylic acids is 2. The summed E-state index contributed by atoms with van der Waals surface area (Å²) in [5, 5.41) is 2.89. The Balaban J connectivity index is 1.47. The van der Waals surface area contributed by atoms with Gasteiger partial charge in [0.05, 0.1) is 6.54 Å². The van der Waals surface area contributed by atoms with Crippen molar-refractivity contribution in [2.45, 2.75) is 58.3 Å². The Labute approximate surface area is 143 Å². The van der Waals surface area contributed by atoms with Crippen LogP contribution in [-0.2, 0) is 28.9 Å². The Hall–Kier alpha value is -1.98. The fourth-order valence-electron chi connectivity index (χ4n) is 3.54. The summed E-state index contributed by atoms with van der Waals surface area (Å²) >= 11 is 0. The summed E-state index contributed by atoms with van der Waals surface area (Å²) in [6, 6.07) is 0. The van der Waals surface area contributed by atoms with Crippen molar-refractivity contribution >= 4 is 11.8 Å². The summed E-state index contributed by atoms with van der Waals surface area (Å²) in [6.45, 7) is 3.42. The minimum atomic E-state index is -0.0943. The first-order valence-corrected chi connectivity index (χ1v) is 9.03. The molecule has 2 amide bonds. The molecule has 1 aromatic heterocycles. The summed E-state index contributed by atoms with van der Waals surface area (Å²) < 4.78 is 0. The first kappa shape index (κ1) is 16.9. The minimum absolute atomic E-state index is 0.0943. The highest BCUT2D eigenvalue weighted by Crippen LogP contribution is 2.22. The molecule has 1 aliphatic carbocycles. The molecular formula is C18H26N4O2. The molecule has 6 heteroatoms. The predicted octanol–water partition coefficient (Wildman–Crippen LogP) is 1.34. The second-order valence-corrected chi connectivity index (χ2v) is 6.73. The molecule has 1 aromatic rings. The van der Waals surface area contributed by atoms with E-state index in [0.717, 1.165) is 50.0 Å². The number of amides is 2. The van der Waals surface area contributed by atoms with Crippen molar-refractivity contribution in [1.82, 2.24) is 20.2 Å². The van der Waals surface area contributed by atoms with E-state index in [0.29, 0.717) is 25.9 Å². The molecule has 0 unspecified atom stereocenters. The van der Waals surface area contributed by atoms with Gasteiger partial charge in [0.1, 0.15) is 5.82 Å². The first-order chi connectivity index (χ1) is 11.6. The van der Waals surface area contributed by atoms with Gasteiger partial charge in [0.2, 0.25) is 11.8 Å². The third kappa shape index (κ3) is 4.10. The van der Waals surface area contributed by atoms with E-state index in [2.05, 4.69) is 15.3 Å². The molecular weight excluding hydrogens is 304 g/mol. The van der Waals surface area contributed by atoms with E-state index in [9.17, 15) is 9.59 Å². The Bertz CT molecular complexity index is 630. The molecule has 0 atom stereocenters. The number of hydrogen-bond donors (Lipinski definition) is 1. The fraction of sp³-hybridized carbons (Fsp3) is 0.667. The molecule has 1 saturated heterocycles. The lowest BCUT2D eigenvalue weighted by Gasteiger charge is -2.19. The number of fused-ring (bicyclic) bond motifs is 1. The van der Waals surface area contributed by atoms with E-state index >= 15 is 0 Å². The summed E-state index contributed by atoms with van der Waals surface area (Å²) in [5.41, 5.74) is 3.57. The number of carbonyl (C=O) groups is 2. The number of likely N-dealkylation sites (tertiary alicyclic amines) is 1. The molecule has 2 heterocycles. The zero-order valence-corrected chi connectivity index (χ0v) is 14.4. The molecule has 0 aromatic carbocycles. The van der Waals surface area contributed by atoms with Gasteiger partial charge in [-0.3, -0.25) is 9.59 Å². The maximum Gasteiger partial charge on any atom is 0.239 e. The van der Waals surface area contributed by atoms with Gasteiger partial charge in [-0.15, -0.1) is 0 Å². The van der Waals surface area contributed by atoms with Crippen LogP contribution in [0.2, 0.25) is 0 Å². The monoisotopic (exact) mass is 330 g/mol. The zero-order valence-electron chi connectivity index (χ0n) is 14.4. The molecule has 130 valence electrons. The number of aromatic nitrogens is 2. The summed E-state index contributed by atoms with van der Waals surface area (Å²) in [6.07, 6.45) is 7.47. The maximum absolute atomic E-state index is 12.1. The Morgan fingerprint density at radius 3 is 2.88 bits per heavy atom. The second-order valence-electron chi connectivity index (χ2n) is 6.73. The van der Waals surface area contributed by atoms with Gasteiger partial charge >= 0.3 is 0 Å². The van der Waals surface area contributed by atoms with Crippen molar-refractivity contribution in [3.05, 3.63) is 22.8 Å². The molecule has 1 aliphatic heterocycles. The Kier molecular flexibility index (Phi) is 5.43. The van der Waals surface area contributed by atoms with Crippen LogP contribution in [-0.4, -0.2) is 46.3 Å². The minimum Gasteiger partial charge on any atom is -0.354 e. The van der Waals surface area contributed by atoms with Gasteiger partial charge in [-0.2, -0.15) is 0 Å². The van der Waals surface area contributed by atoms with E-state index in [1.165, 1.54) is 11.3 Å². The lowest BCUT2D eigenvalue weighted by atomic mass is 10.2. The smallest absolute Gasteiger partial charge is 0.239 e. The van der Waals surface area contributed by atoms with E-state index in [1.54, 1.807) is 4.90 Å². The molecule has 1 fully saturated rings. The molecule has 3 rings (SSSR count). The second kappa shape index (κ2) is 7.73. The van der Waals surface area contributed by atoms with Crippen molar-refractivity contribution in [3.8, 4) is 0 Å². The van der Waals surface area contributed by atoms with Crippen LogP contribution in [0.15, 0.2) is 0 Å². The number of nitrogens with one attached hydrogen (secondary N) is 1. The van der Waals surface area contributed by atoms with E-state index in [4.69, 9.17) is 0 Å². The molecule has 24 heavy (non-hydrogen) atoms. The summed E-state index contributed by atoms with van der Waals surface area (Å²) in [7, 11) is 0. The molecule has 0 saturated carbocycles. The third-order valence-electron chi connectivity index (χ3n) is 4.86. The van der Waals surface area contributed by atoms with Crippen LogP contribution in [0, 0.1) is 6.92 Å². The number of aryl methyl sites for hydroxylation is 2. The molecule has 2 aliphatic rings. The van der Waals surface area contributed by atoms with Gasteiger partial charge in [-0.25, -0.2) is 9.97 Å². The van der Waals surface area contributed by atoms with E-state index in [-0.39, 0.29) is 18.4 Å². The molecule has 0 radical (unpaired) electrons. The molecule has 1 N–H and O–H groups in total. The zero-order chi connectivity index (χ0) is 16.9. The van der Waals surface area contributed by atoms with Gasteiger partial charge < -0.3 is 10.2 Å². The predicted molar refractivity (Wildman–Crippen MR) is 90.6 cm³/mol. The van der Waals surface area contributed by atoms with E-state index < -0.39 is 0 Å². The molecule has 6 nitrogen and oxygen atoms in total. The number of rotatable bonds is 5. The standard InChI is InChI=1S/C18H26N4O2/c1-13-14-6-5-7-15(14)21-16(20-13)9-10-19-17(23)12-22-11-4-2-3-8-18(22)24/h2-12H2,1H3,(H,19,23). The highest BCUT2D eigenvalue weighted by atomic mass is 16.2. The van der Waals surface area contributed by atoms with Crippen LogP contribution >= 0.6 is 0 Å². The SMILES string of the molecule is Cc1nc(CCNC(=O)CN2CCCCCC2=O)nc2c1CCC2. The topological polar surface area (TPSA) is 75.2 Å². The molecule has 0 spiro atoms. The van der Waals surface area contributed by atoms with Crippen molar-refractivity contribution in [1.29, 1.82) is 0 Å². The summed E-state index contributed by atoms with van der Waals surface area (Å²) in [5.74, 6) is 0.808. The summed E-state index contributed by atoms with van der Waals surface area (Å²) in [4.78, 5) is 34.8. The fourth-order valence-corrected chi connectivity index (χ4v) is 3.54. The maximum atomic E-state index is 12.1. The van der Waals surface area contributed by atoms with Crippen molar-refractivity contribution in [3.63, 3.8) is 0 Å². The highest BCUT2D eigenvalue weighted by Gasteiger charge is 2.19. The van der Waals surface area contributed by atoms with Crippen LogP contribution in [0.1, 0.15) is 54.9 Å². The van der Waals surface area contributed by atoms with Crippen molar-refractivity contribution < 1.29 is 9.59 Å². The normalized spacial score (nSPS) is 17.5. The van der Waals surface area contributed by atoms with Crippen molar-refractivity contribution in [2.75, 3.05) is 19.6 Å². The lowest BCUT2D eigenvalue weighted by molar-refractivity contribution is -0.135. The average molecular weight is 330 g/mol. The van der Waals surface area contributed by atoms with Gasteiger partial charge in [0.25, 0.3) is 0 Å². The number of nitrogens with zero attached hydrogens (tertiary/aromatic N) is 3. The third-order valence-corrected chi connectivity index (χ3v) is 4.86. The lowest BCUT2D eigenvalue weighted by Crippen LogP contribution is -2.41. The van der Waals surface area contributed by atoms with Gasteiger partial charge in [-0.05, 0) is 44.6 Å². The van der Waals surface area contributed by atoms with E-state index in [1.807, 2.05) is 6.92 Å². The number of hydrogen-bond acceptors (Lipinski definition) is 4. The Morgan fingerprint density at radius 1 is 1.12 bits per heavy atom. The van der Waals surface area contributed by atoms with Crippen molar-refractivity contribution in [2.24, 2.45) is 0 Å². The van der Waals surface area contributed by atoms with Crippen LogP contribution in [0.4, 0.5) is 0 Å². The van der Waals surface area contributed by atoms with Gasteiger partial charge in [-0.1, -0.05) is 6.42 Å². The largest absolute Gasteiger partial charge is 0.354 e.